The topological polar surface area (TPSA) is 124 Å². The van der Waals surface area contributed by atoms with Crippen LogP contribution in [0.1, 0.15) is 30.5 Å². The maximum atomic E-state index is 14.4. The minimum atomic E-state index is -0.133. The molecule has 4 heterocycles. The molecule has 7 rings (SSSR count). The number of aromatic hydroxyl groups is 1. The van der Waals surface area contributed by atoms with E-state index in [-0.39, 0.29) is 23.7 Å². The molecular formula is C35H35N7O3. The van der Waals surface area contributed by atoms with Crippen LogP contribution in [0, 0.1) is 6.92 Å². The van der Waals surface area contributed by atoms with Gasteiger partial charge in [-0.05, 0) is 74.1 Å². The summed E-state index contributed by atoms with van der Waals surface area (Å²) in [7, 11) is 0. The maximum Gasteiger partial charge on any atom is 0.263 e. The molecule has 3 aromatic heterocycles. The number of nitrogens with zero attached hydrogens (tertiary/aromatic N) is 6. The van der Waals surface area contributed by atoms with Gasteiger partial charge in [-0.1, -0.05) is 48.9 Å². The van der Waals surface area contributed by atoms with Crippen molar-refractivity contribution in [2.24, 2.45) is 0 Å². The first-order valence-corrected chi connectivity index (χ1v) is 15.3. The number of nitrogen functional groups attached to an aromatic ring is 1. The predicted molar refractivity (Wildman–Crippen MR) is 176 cm³/mol. The van der Waals surface area contributed by atoms with Crippen LogP contribution in [0.4, 0.5) is 5.82 Å². The van der Waals surface area contributed by atoms with Crippen molar-refractivity contribution in [3.05, 3.63) is 101 Å². The van der Waals surface area contributed by atoms with Gasteiger partial charge < -0.3 is 15.6 Å². The molecule has 228 valence electrons. The first kappa shape index (κ1) is 28.5. The molecule has 3 N–H and O–H groups in total. The fourth-order valence-electron chi connectivity index (χ4n) is 6.35. The minimum Gasteiger partial charge on any atom is -0.508 e. The zero-order valence-electron chi connectivity index (χ0n) is 25.2. The van der Waals surface area contributed by atoms with E-state index in [1.807, 2.05) is 61.5 Å². The number of aromatic nitrogens is 5. The molecule has 0 radical (unpaired) electrons. The standard InChI is InChI=1S/C35H35N7O3/c1-23-9-7-10-24-19-26(21-41-34-31(33(36)37-22-38-34)32(39-41)25-11-8-12-27(43)20-25)42(35(44)30(23)24)28-13-3-4-14-29(28)45-18-17-40-15-5-2-6-16-40/h3-4,7-14,19-20,22,43H,2,5-6,15-18,21H2,1H3,(H2,36,37,38). The Morgan fingerprint density at radius 1 is 0.933 bits per heavy atom. The van der Waals surface area contributed by atoms with Crippen molar-refractivity contribution < 1.29 is 9.84 Å². The highest BCUT2D eigenvalue weighted by Gasteiger charge is 2.21. The van der Waals surface area contributed by atoms with Gasteiger partial charge in [0.25, 0.3) is 5.56 Å². The third-order valence-electron chi connectivity index (χ3n) is 8.54. The molecule has 10 heteroatoms. The van der Waals surface area contributed by atoms with Crippen molar-refractivity contribution in [3.63, 3.8) is 0 Å². The SMILES string of the molecule is Cc1cccc2cc(Cn3nc(-c4cccc(O)c4)c4c(N)ncnc43)n(-c3ccccc3OCCN3CCCCC3)c(=O)c12. The van der Waals surface area contributed by atoms with Gasteiger partial charge in [0.2, 0.25) is 0 Å². The van der Waals surface area contributed by atoms with Crippen LogP contribution in [0.2, 0.25) is 0 Å². The number of phenolic OH excluding ortho intramolecular Hbond substituents is 1. The largest absolute Gasteiger partial charge is 0.508 e. The summed E-state index contributed by atoms with van der Waals surface area (Å²) in [5.74, 6) is 1.04. The van der Waals surface area contributed by atoms with E-state index in [1.54, 1.807) is 27.4 Å². The van der Waals surface area contributed by atoms with E-state index in [0.29, 0.717) is 51.4 Å². The van der Waals surface area contributed by atoms with Crippen molar-refractivity contribution in [1.29, 1.82) is 0 Å². The van der Waals surface area contributed by atoms with Crippen LogP contribution < -0.4 is 16.0 Å². The normalized spacial score (nSPS) is 13.9. The van der Waals surface area contributed by atoms with E-state index < -0.39 is 0 Å². The lowest BCUT2D eigenvalue weighted by atomic mass is 10.1. The highest BCUT2D eigenvalue weighted by atomic mass is 16.5. The summed E-state index contributed by atoms with van der Waals surface area (Å²) in [5.41, 5.74) is 10.2. The molecule has 0 aliphatic carbocycles. The number of benzene rings is 3. The van der Waals surface area contributed by atoms with E-state index in [0.717, 1.165) is 30.6 Å². The Kier molecular flexibility index (Phi) is 7.64. The molecule has 1 aliphatic heterocycles. The first-order valence-electron chi connectivity index (χ1n) is 15.3. The summed E-state index contributed by atoms with van der Waals surface area (Å²) in [5, 5.41) is 17.2. The van der Waals surface area contributed by atoms with Gasteiger partial charge in [-0.15, -0.1) is 0 Å². The molecule has 1 saturated heterocycles. The van der Waals surface area contributed by atoms with E-state index >= 15 is 0 Å². The molecule has 0 amide bonds. The van der Waals surface area contributed by atoms with Gasteiger partial charge in [0.05, 0.1) is 23.0 Å². The van der Waals surface area contributed by atoms with Crippen LogP contribution in [0.25, 0.3) is 38.8 Å². The highest BCUT2D eigenvalue weighted by molar-refractivity contribution is 5.98. The van der Waals surface area contributed by atoms with Gasteiger partial charge in [0.15, 0.2) is 5.65 Å². The summed E-state index contributed by atoms with van der Waals surface area (Å²) in [6.45, 7) is 5.72. The lowest BCUT2D eigenvalue weighted by Gasteiger charge is -2.26. The van der Waals surface area contributed by atoms with Gasteiger partial charge in [0.1, 0.15) is 35.9 Å². The number of nitrogens with two attached hydrogens (primary N) is 1. The molecule has 1 aliphatic rings. The number of phenols is 1. The zero-order chi connectivity index (χ0) is 30.9. The summed E-state index contributed by atoms with van der Waals surface area (Å²) < 4.78 is 9.84. The third kappa shape index (κ3) is 5.49. The molecular weight excluding hydrogens is 566 g/mol. The van der Waals surface area contributed by atoms with Crippen molar-refractivity contribution in [2.75, 3.05) is 32.0 Å². The van der Waals surface area contributed by atoms with Crippen LogP contribution in [0.5, 0.6) is 11.5 Å². The summed E-state index contributed by atoms with van der Waals surface area (Å²) >= 11 is 0. The van der Waals surface area contributed by atoms with E-state index in [2.05, 4.69) is 14.9 Å². The maximum absolute atomic E-state index is 14.4. The molecule has 10 nitrogen and oxygen atoms in total. The number of ether oxygens (including phenoxy) is 1. The van der Waals surface area contributed by atoms with Gasteiger partial charge in [0, 0.05) is 17.8 Å². The van der Waals surface area contributed by atoms with Crippen molar-refractivity contribution in [1.82, 2.24) is 29.2 Å². The van der Waals surface area contributed by atoms with E-state index in [9.17, 15) is 9.90 Å². The Labute approximate surface area is 260 Å². The fraction of sp³-hybridized carbons (Fsp3) is 0.257. The van der Waals surface area contributed by atoms with Crippen LogP contribution in [0.15, 0.2) is 83.9 Å². The summed E-state index contributed by atoms with van der Waals surface area (Å²) in [6, 6.07) is 22.4. The minimum absolute atomic E-state index is 0.112. The summed E-state index contributed by atoms with van der Waals surface area (Å²) in [6.07, 6.45) is 5.13. The van der Waals surface area contributed by atoms with Crippen LogP contribution in [-0.4, -0.2) is 60.6 Å². The molecule has 0 unspecified atom stereocenters. The molecule has 0 bridgehead atoms. The number of para-hydroxylation sites is 2. The molecule has 0 spiro atoms. The number of pyridine rings is 1. The average molecular weight is 602 g/mol. The van der Waals surface area contributed by atoms with Gasteiger partial charge in [-0.3, -0.25) is 14.3 Å². The number of fused-ring (bicyclic) bond motifs is 2. The monoisotopic (exact) mass is 601 g/mol. The smallest absolute Gasteiger partial charge is 0.263 e. The average Bonchev–Trinajstić information content (AvgIpc) is 3.41. The second kappa shape index (κ2) is 12.0. The Morgan fingerprint density at radius 2 is 1.76 bits per heavy atom. The fourth-order valence-corrected chi connectivity index (χ4v) is 6.35. The van der Waals surface area contributed by atoms with Crippen LogP contribution >= 0.6 is 0 Å². The first-order chi connectivity index (χ1) is 22.0. The highest BCUT2D eigenvalue weighted by Crippen LogP contribution is 2.33. The van der Waals surface area contributed by atoms with Gasteiger partial charge in [-0.2, -0.15) is 5.10 Å². The van der Waals surface area contributed by atoms with Crippen LogP contribution in [0.3, 0.4) is 0 Å². The Hall–Kier alpha value is -5.22. The summed E-state index contributed by atoms with van der Waals surface area (Å²) in [4.78, 5) is 25.6. The number of hydrogen-bond donors (Lipinski definition) is 2. The van der Waals surface area contributed by atoms with Crippen molar-refractivity contribution >= 4 is 27.6 Å². The lowest BCUT2D eigenvalue weighted by molar-refractivity contribution is 0.183. The lowest BCUT2D eigenvalue weighted by Crippen LogP contribution is -2.33. The van der Waals surface area contributed by atoms with E-state index in [1.165, 1.54) is 25.6 Å². The predicted octanol–water partition coefficient (Wildman–Crippen LogP) is 5.31. The van der Waals surface area contributed by atoms with Crippen LogP contribution in [-0.2, 0) is 6.54 Å². The molecule has 3 aromatic carbocycles. The number of hydrogen-bond acceptors (Lipinski definition) is 8. The number of rotatable bonds is 8. The van der Waals surface area contributed by atoms with Gasteiger partial charge >= 0.3 is 0 Å². The van der Waals surface area contributed by atoms with Crippen molar-refractivity contribution in [3.8, 4) is 28.4 Å². The Bertz CT molecular complexity index is 2080. The second-order valence-electron chi connectivity index (χ2n) is 11.5. The number of aryl methyl sites for hydroxylation is 1. The molecule has 1 fully saturated rings. The Morgan fingerprint density at radius 3 is 2.60 bits per heavy atom. The quantitative estimate of drug-likeness (QED) is 0.241. The third-order valence-corrected chi connectivity index (χ3v) is 8.54. The van der Waals surface area contributed by atoms with Crippen molar-refractivity contribution in [2.45, 2.75) is 32.7 Å². The number of likely N-dealkylation sites (tertiary alicyclic amines) is 1. The molecule has 45 heavy (non-hydrogen) atoms. The number of piperidine rings is 1. The molecule has 0 atom stereocenters. The Balaban J connectivity index is 1.36. The molecule has 6 aromatic rings. The second-order valence-corrected chi connectivity index (χ2v) is 11.5. The van der Waals surface area contributed by atoms with E-state index in [4.69, 9.17) is 15.6 Å². The zero-order valence-corrected chi connectivity index (χ0v) is 25.2. The number of anilines is 1. The van der Waals surface area contributed by atoms with Gasteiger partial charge in [-0.25, -0.2) is 14.6 Å². The molecule has 0 saturated carbocycles.